The molecule has 15 heavy (non-hydrogen) atoms. The lowest BCUT2D eigenvalue weighted by atomic mass is 10.2. The van der Waals surface area contributed by atoms with Gasteiger partial charge in [0.05, 0.1) is 0 Å². The van der Waals surface area contributed by atoms with Gasteiger partial charge in [0.2, 0.25) is 0 Å². The highest BCUT2D eigenvalue weighted by Gasteiger charge is 2.07. The highest BCUT2D eigenvalue weighted by molar-refractivity contribution is 8.22. The monoisotopic (exact) mass is 279 g/mol. The first-order chi connectivity index (χ1) is 7.02. The number of rotatable bonds is 2. The Kier molecular flexibility index (Phi) is 5.19. The van der Waals surface area contributed by atoms with Crippen molar-refractivity contribution in [1.82, 2.24) is 4.90 Å². The smallest absolute Gasteiger partial charge is 0.136 e. The summed E-state index contributed by atoms with van der Waals surface area (Å²) in [6, 6.07) is 5.51. The highest BCUT2D eigenvalue weighted by atomic mass is 35.5. The summed E-state index contributed by atoms with van der Waals surface area (Å²) in [5.41, 5.74) is 0.940. The molecule has 0 unspecified atom stereocenters. The first-order valence-corrected chi connectivity index (χ1v) is 6.44. The van der Waals surface area contributed by atoms with Gasteiger partial charge in [0.25, 0.3) is 0 Å². The van der Waals surface area contributed by atoms with E-state index in [2.05, 4.69) is 0 Å². The van der Waals surface area contributed by atoms with Crippen LogP contribution in [0.3, 0.4) is 0 Å². The number of hydrogen-bond donors (Lipinski definition) is 0. The molecule has 5 heteroatoms. The molecule has 0 radical (unpaired) electrons. The van der Waals surface area contributed by atoms with Gasteiger partial charge in [-0.25, -0.2) is 0 Å². The van der Waals surface area contributed by atoms with Crippen molar-refractivity contribution in [3.8, 4) is 0 Å². The standard InChI is InChI=1S/C10H11Cl2NS2/c1-13(2)10(14)15-6-7-8(11)4-3-5-9(7)12/h3-5H,6H2,1-2H3. The van der Waals surface area contributed by atoms with Gasteiger partial charge in [-0.1, -0.05) is 53.2 Å². The third-order valence-corrected chi connectivity index (χ3v) is 4.24. The normalized spacial score (nSPS) is 10.1. The van der Waals surface area contributed by atoms with E-state index in [1.54, 1.807) is 11.8 Å². The highest BCUT2D eigenvalue weighted by Crippen LogP contribution is 2.28. The molecular weight excluding hydrogens is 269 g/mol. The predicted molar refractivity (Wildman–Crippen MR) is 74.0 cm³/mol. The van der Waals surface area contributed by atoms with Crippen molar-refractivity contribution in [2.24, 2.45) is 0 Å². The third-order valence-electron chi connectivity index (χ3n) is 1.77. The summed E-state index contributed by atoms with van der Waals surface area (Å²) in [4.78, 5) is 1.89. The van der Waals surface area contributed by atoms with Gasteiger partial charge in [0, 0.05) is 29.9 Å². The number of nitrogens with zero attached hydrogens (tertiary/aromatic N) is 1. The van der Waals surface area contributed by atoms with Gasteiger partial charge in [-0.2, -0.15) is 0 Å². The van der Waals surface area contributed by atoms with Gasteiger partial charge in [0.1, 0.15) is 4.32 Å². The maximum atomic E-state index is 6.04. The van der Waals surface area contributed by atoms with E-state index in [0.717, 1.165) is 9.88 Å². The lowest BCUT2D eigenvalue weighted by Gasteiger charge is -2.13. The zero-order valence-corrected chi connectivity index (χ0v) is 11.6. The minimum Gasteiger partial charge on any atom is -0.364 e. The Labute approximate surface area is 110 Å². The fourth-order valence-corrected chi connectivity index (χ4v) is 2.64. The second-order valence-electron chi connectivity index (χ2n) is 3.15. The molecule has 1 rings (SSSR count). The van der Waals surface area contributed by atoms with Crippen LogP contribution in [0.2, 0.25) is 10.0 Å². The van der Waals surface area contributed by atoms with Gasteiger partial charge >= 0.3 is 0 Å². The molecule has 0 fully saturated rings. The lowest BCUT2D eigenvalue weighted by molar-refractivity contribution is 0.648. The number of benzene rings is 1. The maximum absolute atomic E-state index is 6.04. The minimum atomic E-state index is 0.691. The van der Waals surface area contributed by atoms with E-state index in [9.17, 15) is 0 Å². The molecule has 0 aliphatic heterocycles. The molecule has 1 aromatic rings. The summed E-state index contributed by atoms with van der Waals surface area (Å²) < 4.78 is 0.825. The zero-order chi connectivity index (χ0) is 11.4. The molecule has 82 valence electrons. The Bertz CT molecular complexity index is 346. The molecule has 0 aromatic heterocycles. The fraction of sp³-hybridized carbons (Fsp3) is 0.300. The van der Waals surface area contributed by atoms with Crippen molar-refractivity contribution < 1.29 is 0 Å². The Morgan fingerprint density at radius 3 is 2.33 bits per heavy atom. The molecule has 0 aliphatic rings. The van der Waals surface area contributed by atoms with Gasteiger partial charge in [-0.3, -0.25) is 0 Å². The van der Waals surface area contributed by atoms with Crippen molar-refractivity contribution >= 4 is 51.5 Å². The van der Waals surface area contributed by atoms with E-state index < -0.39 is 0 Å². The predicted octanol–water partition coefficient (Wildman–Crippen LogP) is 4.07. The van der Waals surface area contributed by atoms with Crippen molar-refractivity contribution in [2.75, 3.05) is 14.1 Å². The molecule has 0 amide bonds. The quantitative estimate of drug-likeness (QED) is 0.752. The summed E-state index contributed by atoms with van der Waals surface area (Å²) in [6.07, 6.45) is 0. The second kappa shape index (κ2) is 5.94. The first-order valence-electron chi connectivity index (χ1n) is 4.29. The number of thiocarbonyl (C=S) groups is 1. The molecule has 0 heterocycles. The van der Waals surface area contributed by atoms with Gasteiger partial charge in [-0.05, 0) is 17.7 Å². The minimum absolute atomic E-state index is 0.691. The van der Waals surface area contributed by atoms with Crippen molar-refractivity contribution in [2.45, 2.75) is 5.75 Å². The zero-order valence-electron chi connectivity index (χ0n) is 8.46. The molecule has 0 saturated carbocycles. The van der Waals surface area contributed by atoms with Crippen LogP contribution >= 0.6 is 47.2 Å². The second-order valence-corrected chi connectivity index (χ2v) is 5.57. The molecule has 0 bridgehead atoms. The van der Waals surface area contributed by atoms with Crippen LogP contribution in [0.1, 0.15) is 5.56 Å². The van der Waals surface area contributed by atoms with Crippen LogP contribution in [0, 0.1) is 0 Å². The van der Waals surface area contributed by atoms with Crippen LogP contribution in [0.4, 0.5) is 0 Å². The summed E-state index contributed by atoms with van der Waals surface area (Å²) in [6.45, 7) is 0. The van der Waals surface area contributed by atoms with Crippen LogP contribution < -0.4 is 0 Å². The largest absolute Gasteiger partial charge is 0.364 e. The molecule has 0 saturated heterocycles. The average Bonchev–Trinajstić information content (AvgIpc) is 2.16. The Hall–Kier alpha value is 0.0400. The third kappa shape index (κ3) is 3.83. The molecule has 0 atom stereocenters. The van der Waals surface area contributed by atoms with Crippen LogP contribution in [0.25, 0.3) is 0 Å². The lowest BCUT2D eigenvalue weighted by Crippen LogP contribution is -2.16. The Morgan fingerprint density at radius 2 is 1.87 bits per heavy atom. The van der Waals surface area contributed by atoms with Gasteiger partial charge < -0.3 is 4.90 Å². The molecule has 1 nitrogen and oxygen atoms in total. The number of halogens is 2. The van der Waals surface area contributed by atoms with E-state index in [1.165, 1.54) is 0 Å². The van der Waals surface area contributed by atoms with Crippen molar-refractivity contribution in [1.29, 1.82) is 0 Å². The summed E-state index contributed by atoms with van der Waals surface area (Å²) in [5, 5.41) is 1.38. The number of hydrogen-bond acceptors (Lipinski definition) is 2. The molecule has 0 aliphatic carbocycles. The van der Waals surface area contributed by atoms with E-state index in [-0.39, 0.29) is 0 Å². The van der Waals surface area contributed by atoms with Crippen molar-refractivity contribution in [3.63, 3.8) is 0 Å². The van der Waals surface area contributed by atoms with Gasteiger partial charge in [0.15, 0.2) is 0 Å². The SMILES string of the molecule is CN(C)C(=S)SCc1c(Cl)cccc1Cl. The van der Waals surface area contributed by atoms with Crippen molar-refractivity contribution in [3.05, 3.63) is 33.8 Å². The molecule has 0 N–H and O–H groups in total. The van der Waals surface area contributed by atoms with Crippen LogP contribution in [-0.2, 0) is 5.75 Å². The van der Waals surface area contributed by atoms with E-state index >= 15 is 0 Å². The van der Waals surface area contributed by atoms with E-state index in [4.69, 9.17) is 35.4 Å². The average molecular weight is 280 g/mol. The molecule has 1 aromatic carbocycles. The maximum Gasteiger partial charge on any atom is 0.136 e. The van der Waals surface area contributed by atoms with E-state index in [0.29, 0.717) is 15.8 Å². The van der Waals surface area contributed by atoms with E-state index in [1.807, 2.05) is 37.2 Å². The Morgan fingerprint density at radius 1 is 1.33 bits per heavy atom. The van der Waals surface area contributed by atoms with Crippen LogP contribution in [-0.4, -0.2) is 23.3 Å². The topological polar surface area (TPSA) is 3.24 Å². The van der Waals surface area contributed by atoms with Crippen LogP contribution in [0.5, 0.6) is 0 Å². The summed E-state index contributed by atoms with van der Waals surface area (Å²) in [5.74, 6) is 0.704. The van der Waals surface area contributed by atoms with Crippen LogP contribution in [0.15, 0.2) is 18.2 Å². The molecular formula is C10H11Cl2NS2. The summed E-state index contributed by atoms with van der Waals surface area (Å²) >= 11 is 18.8. The number of thioether (sulfide) groups is 1. The first kappa shape index (κ1) is 13.1. The molecule has 0 spiro atoms. The summed E-state index contributed by atoms with van der Waals surface area (Å²) in [7, 11) is 3.84. The fourth-order valence-electron chi connectivity index (χ4n) is 0.933. The Balaban J connectivity index is 2.69. The van der Waals surface area contributed by atoms with Gasteiger partial charge in [-0.15, -0.1) is 0 Å².